The van der Waals surface area contributed by atoms with Crippen LogP contribution in [0.25, 0.3) is 11.4 Å². The van der Waals surface area contributed by atoms with Crippen LogP contribution in [0.15, 0.2) is 46.3 Å². The molecule has 6 nitrogen and oxygen atoms in total. The van der Waals surface area contributed by atoms with E-state index in [1.807, 2.05) is 30.3 Å². The van der Waals surface area contributed by atoms with E-state index in [1.54, 1.807) is 0 Å². The topological polar surface area (TPSA) is 80.5 Å². The van der Waals surface area contributed by atoms with Crippen molar-refractivity contribution in [3.05, 3.63) is 42.5 Å². The van der Waals surface area contributed by atoms with Crippen LogP contribution >= 0.6 is 11.8 Å². The maximum Gasteiger partial charge on any atom is 0.237 e. The molecule has 1 aromatic carbocycles. The van der Waals surface area contributed by atoms with Gasteiger partial charge in [0.1, 0.15) is 6.33 Å². The lowest BCUT2D eigenvalue weighted by Crippen LogP contribution is -1.83. The molecule has 1 N–H and O–H groups in total. The van der Waals surface area contributed by atoms with E-state index < -0.39 is 0 Å². The summed E-state index contributed by atoms with van der Waals surface area (Å²) in [6, 6.07) is 9.71. The SMILES string of the molecule is c1ccc(-c2noc(CSc3ncn[nH]3)n2)cc1. The van der Waals surface area contributed by atoms with Gasteiger partial charge in [0.2, 0.25) is 11.7 Å². The van der Waals surface area contributed by atoms with Gasteiger partial charge in [-0.2, -0.15) is 10.1 Å². The molecule has 0 radical (unpaired) electrons. The zero-order valence-corrected chi connectivity index (χ0v) is 10.1. The molecule has 0 atom stereocenters. The first-order valence-electron chi connectivity index (χ1n) is 5.28. The van der Waals surface area contributed by atoms with E-state index in [0.29, 0.717) is 17.5 Å². The van der Waals surface area contributed by atoms with Gasteiger partial charge in [0.15, 0.2) is 5.16 Å². The second kappa shape index (κ2) is 5.01. The van der Waals surface area contributed by atoms with Crippen molar-refractivity contribution in [2.24, 2.45) is 0 Å². The van der Waals surface area contributed by atoms with Crippen LogP contribution in [0.1, 0.15) is 5.89 Å². The third-order valence-electron chi connectivity index (χ3n) is 2.23. The summed E-state index contributed by atoms with van der Waals surface area (Å²) in [5.74, 6) is 1.73. The molecular weight excluding hydrogens is 250 g/mol. The van der Waals surface area contributed by atoms with E-state index in [9.17, 15) is 0 Å². The highest BCUT2D eigenvalue weighted by atomic mass is 32.2. The first kappa shape index (κ1) is 11.0. The Morgan fingerprint density at radius 3 is 2.89 bits per heavy atom. The Morgan fingerprint density at radius 2 is 2.11 bits per heavy atom. The highest BCUT2D eigenvalue weighted by molar-refractivity contribution is 7.98. The third kappa shape index (κ3) is 2.40. The number of nitrogens with zero attached hydrogens (tertiary/aromatic N) is 4. The lowest BCUT2D eigenvalue weighted by Gasteiger charge is -1.91. The van der Waals surface area contributed by atoms with E-state index in [1.165, 1.54) is 18.1 Å². The van der Waals surface area contributed by atoms with E-state index in [-0.39, 0.29) is 0 Å². The van der Waals surface area contributed by atoms with Crippen LogP contribution in [0.3, 0.4) is 0 Å². The highest BCUT2D eigenvalue weighted by Gasteiger charge is 2.09. The molecule has 0 aliphatic heterocycles. The minimum absolute atomic E-state index is 0.565. The summed E-state index contributed by atoms with van der Waals surface area (Å²) in [5.41, 5.74) is 0.942. The van der Waals surface area contributed by atoms with Crippen LogP contribution in [-0.2, 0) is 5.75 Å². The maximum absolute atomic E-state index is 5.17. The van der Waals surface area contributed by atoms with Crippen LogP contribution in [0.4, 0.5) is 0 Å². The number of H-pyrrole nitrogens is 1. The first-order chi connectivity index (χ1) is 8.92. The molecule has 3 aromatic rings. The normalized spacial score (nSPS) is 10.7. The molecule has 0 aliphatic rings. The zero-order chi connectivity index (χ0) is 12.2. The van der Waals surface area contributed by atoms with Gasteiger partial charge in [-0.1, -0.05) is 47.3 Å². The minimum Gasteiger partial charge on any atom is -0.338 e. The van der Waals surface area contributed by atoms with Gasteiger partial charge in [-0.3, -0.25) is 5.10 Å². The van der Waals surface area contributed by atoms with Gasteiger partial charge in [0.05, 0.1) is 5.75 Å². The molecule has 3 rings (SSSR count). The summed E-state index contributed by atoms with van der Waals surface area (Å²) in [4.78, 5) is 8.32. The molecule has 90 valence electrons. The Morgan fingerprint density at radius 1 is 1.22 bits per heavy atom. The quantitative estimate of drug-likeness (QED) is 0.723. The van der Waals surface area contributed by atoms with Crippen molar-refractivity contribution in [3.8, 4) is 11.4 Å². The molecule has 0 saturated heterocycles. The molecule has 0 bridgehead atoms. The van der Waals surface area contributed by atoms with Crippen molar-refractivity contribution in [1.82, 2.24) is 25.3 Å². The van der Waals surface area contributed by atoms with Gasteiger partial charge in [0, 0.05) is 5.56 Å². The van der Waals surface area contributed by atoms with Crippen molar-refractivity contribution < 1.29 is 4.52 Å². The van der Waals surface area contributed by atoms with Gasteiger partial charge in [-0.15, -0.1) is 0 Å². The Balaban J connectivity index is 1.70. The Kier molecular flexibility index (Phi) is 3.05. The van der Waals surface area contributed by atoms with Crippen molar-refractivity contribution in [3.63, 3.8) is 0 Å². The van der Waals surface area contributed by atoms with Crippen LogP contribution in [0, 0.1) is 0 Å². The van der Waals surface area contributed by atoms with Gasteiger partial charge in [-0.25, -0.2) is 4.98 Å². The Labute approximate surface area is 107 Å². The second-order valence-electron chi connectivity index (χ2n) is 3.46. The number of thioether (sulfide) groups is 1. The van der Waals surface area contributed by atoms with E-state index in [4.69, 9.17) is 4.52 Å². The fourth-order valence-electron chi connectivity index (χ4n) is 1.41. The standard InChI is InChI=1S/C11H9N5OS/c1-2-4-8(5-3-1)10-14-9(17-16-10)6-18-11-12-7-13-15-11/h1-5,7H,6H2,(H,12,13,15). The molecule has 0 aliphatic carbocycles. The van der Waals surface area contributed by atoms with Crippen LogP contribution in [0.2, 0.25) is 0 Å². The second-order valence-corrected chi connectivity index (χ2v) is 4.42. The number of nitrogens with one attached hydrogen (secondary N) is 1. The summed E-state index contributed by atoms with van der Waals surface area (Å²) < 4.78 is 5.17. The average molecular weight is 259 g/mol. The van der Waals surface area contributed by atoms with E-state index in [2.05, 4.69) is 25.3 Å². The summed E-state index contributed by atoms with van der Waals surface area (Å²) in [7, 11) is 0. The van der Waals surface area contributed by atoms with E-state index in [0.717, 1.165) is 10.7 Å². The van der Waals surface area contributed by atoms with Crippen molar-refractivity contribution in [2.45, 2.75) is 10.9 Å². The number of hydrogen-bond donors (Lipinski definition) is 1. The fraction of sp³-hybridized carbons (Fsp3) is 0.0909. The van der Waals surface area contributed by atoms with Crippen LogP contribution in [0.5, 0.6) is 0 Å². The smallest absolute Gasteiger partial charge is 0.237 e. The first-order valence-corrected chi connectivity index (χ1v) is 6.26. The zero-order valence-electron chi connectivity index (χ0n) is 9.28. The number of benzene rings is 1. The predicted octanol–water partition coefficient (Wildman–Crippen LogP) is 2.15. The molecular formula is C11H9N5OS. The van der Waals surface area contributed by atoms with E-state index >= 15 is 0 Å². The van der Waals surface area contributed by atoms with Crippen molar-refractivity contribution in [2.75, 3.05) is 0 Å². The summed E-state index contributed by atoms with van der Waals surface area (Å²) in [6.45, 7) is 0. The van der Waals surface area contributed by atoms with Crippen LogP contribution in [-0.4, -0.2) is 25.3 Å². The van der Waals surface area contributed by atoms with Gasteiger partial charge in [0.25, 0.3) is 0 Å². The molecule has 0 unspecified atom stereocenters. The lowest BCUT2D eigenvalue weighted by atomic mass is 10.2. The predicted molar refractivity (Wildman–Crippen MR) is 65.7 cm³/mol. The summed E-state index contributed by atoms with van der Waals surface area (Å²) >= 11 is 1.46. The lowest BCUT2D eigenvalue weighted by molar-refractivity contribution is 0.391. The number of aromatic nitrogens is 5. The summed E-state index contributed by atoms with van der Waals surface area (Å²) in [6.07, 6.45) is 1.46. The minimum atomic E-state index is 0.565. The molecule has 0 saturated carbocycles. The number of aromatic amines is 1. The number of hydrogen-bond acceptors (Lipinski definition) is 6. The van der Waals surface area contributed by atoms with Gasteiger partial charge >= 0.3 is 0 Å². The Bertz CT molecular complexity index is 607. The molecule has 2 heterocycles. The molecule has 2 aromatic heterocycles. The Hall–Kier alpha value is -2.15. The largest absolute Gasteiger partial charge is 0.338 e. The fourth-order valence-corrected chi connectivity index (χ4v) is 2.03. The monoisotopic (exact) mass is 259 g/mol. The van der Waals surface area contributed by atoms with Crippen molar-refractivity contribution in [1.29, 1.82) is 0 Å². The number of rotatable bonds is 4. The molecule has 0 amide bonds. The molecule has 18 heavy (non-hydrogen) atoms. The molecule has 0 spiro atoms. The van der Waals surface area contributed by atoms with Gasteiger partial charge in [-0.05, 0) is 0 Å². The molecule has 7 heteroatoms. The van der Waals surface area contributed by atoms with Crippen molar-refractivity contribution >= 4 is 11.8 Å². The molecule has 0 fully saturated rings. The highest BCUT2D eigenvalue weighted by Crippen LogP contribution is 2.20. The summed E-state index contributed by atoms with van der Waals surface area (Å²) in [5, 5.41) is 11.2. The van der Waals surface area contributed by atoms with Crippen LogP contribution < -0.4 is 0 Å². The third-order valence-corrected chi connectivity index (χ3v) is 3.09. The average Bonchev–Trinajstić information content (AvgIpc) is 3.09. The van der Waals surface area contributed by atoms with Gasteiger partial charge < -0.3 is 4.52 Å². The maximum atomic E-state index is 5.17.